The van der Waals surface area contributed by atoms with Gasteiger partial charge in [-0.25, -0.2) is 0 Å². The number of amides is 1. The number of anilines is 1. The van der Waals surface area contributed by atoms with Crippen molar-refractivity contribution in [3.63, 3.8) is 0 Å². The molecule has 24 heavy (non-hydrogen) atoms. The van der Waals surface area contributed by atoms with Gasteiger partial charge in [-0.05, 0) is 29.0 Å². The van der Waals surface area contributed by atoms with Gasteiger partial charge < -0.3 is 10.1 Å². The molecule has 3 nitrogen and oxygen atoms in total. The van der Waals surface area contributed by atoms with E-state index in [0.29, 0.717) is 26.5 Å². The van der Waals surface area contributed by atoms with E-state index in [1.54, 1.807) is 0 Å². The van der Waals surface area contributed by atoms with Gasteiger partial charge in [-0.15, -0.1) is 0 Å². The van der Waals surface area contributed by atoms with Crippen molar-refractivity contribution in [2.45, 2.75) is 0 Å². The van der Waals surface area contributed by atoms with E-state index >= 15 is 0 Å². The molecule has 0 atom stereocenters. The summed E-state index contributed by atoms with van der Waals surface area (Å²) >= 11 is 17.8. The van der Waals surface area contributed by atoms with Crippen LogP contribution in [0.2, 0.25) is 15.1 Å². The highest BCUT2D eigenvalue weighted by Gasteiger charge is 2.10. The molecule has 0 heterocycles. The minimum atomic E-state index is -0.299. The molecule has 3 aromatic rings. The molecule has 0 aliphatic rings. The highest BCUT2D eigenvalue weighted by molar-refractivity contribution is 6.43. The lowest BCUT2D eigenvalue weighted by Gasteiger charge is -2.10. The van der Waals surface area contributed by atoms with Gasteiger partial charge in [0.15, 0.2) is 6.61 Å². The van der Waals surface area contributed by atoms with Gasteiger partial charge in [0.25, 0.3) is 5.91 Å². The van der Waals surface area contributed by atoms with E-state index in [2.05, 4.69) is 5.32 Å². The van der Waals surface area contributed by atoms with Gasteiger partial charge >= 0.3 is 0 Å². The van der Waals surface area contributed by atoms with Crippen LogP contribution in [0, 0.1) is 0 Å². The first kappa shape index (κ1) is 16.9. The third kappa shape index (κ3) is 3.93. The molecular formula is C18H12Cl3NO2. The second kappa shape index (κ2) is 7.31. The van der Waals surface area contributed by atoms with Crippen molar-refractivity contribution < 1.29 is 9.53 Å². The predicted octanol–water partition coefficient (Wildman–Crippen LogP) is 5.82. The molecule has 122 valence electrons. The Hall–Kier alpha value is -1.94. The molecule has 0 saturated carbocycles. The summed E-state index contributed by atoms with van der Waals surface area (Å²) in [6.45, 7) is -0.190. The van der Waals surface area contributed by atoms with E-state index < -0.39 is 0 Å². The van der Waals surface area contributed by atoms with E-state index in [1.165, 1.54) is 12.1 Å². The molecule has 3 rings (SSSR count). The zero-order valence-corrected chi connectivity index (χ0v) is 14.6. The number of ether oxygens (including phenoxy) is 1. The van der Waals surface area contributed by atoms with E-state index in [4.69, 9.17) is 39.5 Å². The van der Waals surface area contributed by atoms with Crippen LogP contribution in [0.25, 0.3) is 10.8 Å². The summed E-state index contributed by atoms with van der Waals surface area (Å²) in [5.74, 6) is 0.00662. The lowest BCUT2D eigenvalue weighted by Crippen LogP contribution is -2.20. The Morgan fingerprint density at radius 3 is 2.38 bits per heavy atom. The Balaban J connectivity index is 1.66. The summed E-state index contributed by atoms with van der Waals surface area (Å²) in [5, 5.41) is 5.87. The molecule has 0 aliphatic carbocycles. The summed E-state index contributed by atoms with van der Waals surface area (Å²) in [5.41, 5.74) is 0.697. The van der Waals surface area contributed by atoms with Gasteiger partial charge in [-0.1, -0.05) is 65.1 Å². The monoisotopic (exact) mass is 379 g/mol. The molecule has 0 aliphatic heterocycles. The van der Waals surface area contributed by atoms with Gasteiger partial charge in [0.1, 0.15) is 5.75 Å². The SMILES string of the molecule is O=C(COc1cc(Cl)c(Cl)cc1Cl)Nc1ccc2ccccc2c1. The largest absolute Gasteiger partial charge is 0.482 e. The van der Waals surface area contributed by atoms with Gasteiger partial charge in [-0.3, -0.25) is 4.79 Å². The number of nitrogens with one attached hydrogen (secondary N) is 1. The average molecular weight is 381 g/mol. The Bertz CT molecular complexity index is 912. The third-order valence-electron chi connectivity index (χ3n) is 3.37. The molecule has 1 amide bonds. The lowest BCUT2D eigenvalue weighted by molar-refractivity contribution is -0.118. The number of benzene rings is 3. The second-order valence-corrected chi connectivity index (χ2v) is 6.32. The fourth-order valence-electron chi connectivity index (χ4n) is 2.22. The number of hydrogen-bond donors (Lipinski definition) is 1. The van der Waals surface area contributed by atoms with Crippen LogP contribution in [-0.4, -0.2) is 12.5 Å². The fourth-order valence-corrected chi connectivity index (χ4v) is 2.81. The van der Waals surface area contributed by atoms with Crippen LogP contribution in [0.5, 0.6) is 5.75 Å². The average Bonchev–Trinajstić information content (AvgIpc) is 2.57. The summed E-state index contributed by atoms with van der Waals surface area (Å²) in [4.78, 5) is 12.0. The molecule has 0 aromatic heterocycles. The van der Waals surface area contributed by atoms with Crippen molar-refractivity contribution in [3.05, 3.63) is 69.7 Å². The molecule has 3 aromatic carbocycles. The van der Waals surface area contributed by atoms with Gasteiger partial charge in [0.05, 0.1) is 15.1 Å². The van der Waals surface area contributed by atoms with E-state index in [-0.39, 0.29) is 12.5 Å². The molecular weight excluding hydrogens is 369 g/mol. The Morgan fingerprint density at radius 2 is 1.58 bits per heavy atom. The van der Waals surface area contributed by atoms with Gasteiger partial charge in [-0.2, -0.15) is 0 Å². The standard InChI is InChI=1S/C18H12Cl3NO2/c19-14-8-16(21)17(9-15(14)20)24-10-18(23)22-13-6-5-11-3-1-2-4-12(11)7-13/h1-9H,10H2,(H,22,23). The van der Waals surface area contributed by atoms with Crippen molar-refractivity contribution in [2.75, 3.05) is 11.9 Å². The van der Waals surface area contributed by atoms with Crippen LogP contribution >= 0.6 is 34.8 Å². The van der Waals surface area contributed by atoms with E-state index in [9.17, 15) is 4.79 Å². The number of halogens is 3. The summed E-state index contributed by atoms with van der Waals surface area (Å²) < 4.78 is 5.41. The summed E-state index contributed by atoms with van der Waals surface area (Å²) in [6.07, 6.45) is 0. The number of carbonyl (C=O) groups is 1. The summed E-state index contributed by atoms with van der Waals surface area (Å²) in [7, 11) is 0. The van der Waals surface area contributed by atoms with Crippen molar-refractivity contribution >= 4 is 57.2 Å². The first-order valence-corrected chi connectivity index (χ1v) is 8.22. The maximum absolute atomic E-state index is 12.0. The summed E-state index contributed by atoms with van der Waals surface area (Å²) in [6, 6.07) is 16.6. The Morgan fingerprint density at radius 1 is 0.875 bits per heavy atom. The lowest BCUT2D eigenvalue weighted by atomic mass is 10.1. The number of fused-ring (bicyclic) bond motifs is 1. The fraction of sp³-hybridized carbons (Fsp3) is 0.0556. The molecule has 0 radical (unpaired) electrons. The topological polar surface area (TPSA) is 38.3 Å². The van der Waals surface area contributed by atoms with Crippen molar-refractivity contribution in [2.24, 2.45) is 0 Å². The molecule has 0 spiro atoms. The van der Waals surface area contributed by atoms with Crippen LogP contribution < -0.4 is 10.1 Å². The van der Waals surface area contributed by atoms with Crippen LogP contribution in [0.1, 0.15) is 0 Å². The van der Waals surface area contributed by atoms with E-state index in [0.717, 1.165) is 10.8 Å². The van der Waals surface area contributed by atoms with Gasteiger partial charge in [0, 0.05) is 11.8 Å². The van der Waals surface area contributed by atoms with Gasteiger partial charge in [0.2, 0.25) is 0 Å². The molecule has 0 bridgehead atoms. The number of carbonyl (C=O) groups excluding carboxylic acids is 1. The maximum Gasteiger partial charge on any atom is 0.262 e. The molecule has 0 saturated heterocycles. The van der Waals surface area contributed by atoms with Crippen LogP contribution in [0.3, 0.4) is 0 Å². The Kier molecular flexibility index (Phi) is 5.14. The predicted molar refractivity (Wildman–Crippen MR) is 99.5 cm³/mol. The van der Waals surface area contributed by atoms with Crippen LogP contribution in [0.15, 0.2) is 54.6 Å². The molecule has 0 fully saturated rings. The third-order valence-corrected chi connectivity index (χ3v) is 4.38. The number of rotatable bonds is 4. The quantitative estimate of drug-likeness (QED) is 0.579. The number of hydrogen-bond acceptors (Lipinski definition) is 2. The van der Waals surface area contributed by atoms with Crippen LogP contribution in [-0.2, 0) is 4.79 Å². The molecule has 6 heteroatoms. The first-order chi connectivity index (χ1) is 11.5. The second-order valence-electron chi connectivity index (χ2n) is 5.10. The van der Waals surface area contributed by atoms with Crippen molar-refractivity contribution in [1.82, 2.24) is 0 Å². The molecule has 0 unspecified atom stereocenters. The van der Waals surface area contributed by atoms with Crippen molar-refractivity contribution in [3.8, 4) is 5.75 Å². The normalized spacial score (nSPS) is 10.6. The van der Waals surface area contributed by atoms with Crippen molar-refractivity contribution in [1.29, 1.82) is 0 Å². The smallest absolute Gasteiger partial charge is 0.262 e. The minimum Gasteiger partial charge on any atom is -0.482 e. The highest BCUT2D eigenvalue weighted by atomic mass is 35.5. The zero-order valence-electron chi connectivity index (χ0n) is 12.4. The highest BCUT2D eigenvalue weighted by Crippen LogP contribution is 2.33. The first-order valence-electron chi connectivity index (χ1n) is 7.09. The maximum atomic E-state index is 12.0. The van der Waals surface area contributed by atoms with Crippen LogP contribution in [0.4, 0.5) is 5.69 Å². The van der Waals surface area contributed by atoms with E-state index in [1.807, 2.05) is 42.5 Å². The Labute approximate surface area is 154 Å². The minimum absolute atomic E-state index is 0.190. The zero-order chi connectivity index (χ0) is 17.1. The molecule has 1 N–H and O–H groups in total.